The van der Waals surface area contributed by atoms with Gasteiger partial charge in [0.15, 0.2) is 0 Å². The van der Waals surface area contributed by atoms with E-state index < -0.39 is 0 Å². The number of methoxy groups -OCH3 is 1. The quantitative estimate of drug-likeness (QED) is 0.795. The number of carbonyl (C=O) groups is 1. The second kappa shape index (κ2) is 9.06. The van der Waals surface area contributed by atoms with Crippen molar-refractivity contribution in [2.24, 2.45) is 0 Å². The van der Waals surface area contributed by atoms with Crippen LogP contribution in [0.3, 0.4) is 0 Å². The Kier molecular flexibility index (Phi) is 7.42. The van der Waals surface area contributed by atoms with E-state index in [4.69, 9.17) is 10.5 Å². The third-order valence-electron chi connectivity index (χ3n) is 3.61. The van der Waals surface area contributed by atoms with Gasteiger partial charge in [-0.15, -0.1) is 12.4 Å². The van der Waals surface area contributed by atoms with E-state index in [2.05, 4.69) is 5.32 Å². The van der Waals surface area contributed by atoms with Crippen molar-refractivity contribution in [3.8, 4) is 5.75 Å². The summed E-state index contributed by atoms with van der Waals surface area (Å²) < 4.78 is 5.14. The Morgan fingerprint density at radius 2 is 1.83 bits per heavy atom. The third-order valence-corrected chi connectivity index (χ3v) is 3.61. The maximum absolute atomic E-state index is 12.2. The van der Waals surface area contributed by atoms with Crippen LogP contribution in [0.1, 0.15) is 29.3 Å². The zero-order valence-electron chi connectivity index (χ0n) is 13.4. The first kappa shape index (κ1) is 18.8. The molecule has 0 aliphatic heterocycles. The lowest BCUT2D eigenvalue weighted by Crippen LogP contribution is -2.33. The molecule has 2 aromatic rings. The Hall–Kier alpha value is -2.20. The van der Waals surface area contributed by atoms with Crippen LogP contribution < -0.4 is 15.8 Å². The number of amides is 1. The first-order valence-electron chi connectivity index (χ1n) is 7.38. The molecule has 23 heavy (non-hydrogen) atoms. The fraction of sp³-hybridized carbons (Fsp3) is 0.278. The molecule has 0 saturated carbocycles. The van der Waals surface area contributed by atoms with Gasteiger partial charge in [0.1, 0.15) is 5.75 Å². The van der Waals surface area contributed by atoms with Gasteiger partial charge in [0.25, 0.3) is 5.91 Å². The summed E-state index contributed by atoms with van der Waals surface area (Å²) in [5, 5.41) is 2.99. The molecule has 1 amide bonds. The van der Waals surface area contributed by atoms with E-state index in [9.17, 15) is 4.79 Å². The molecule has 0 aliphatic rings. The molecular formula is C18H23ClN2O2. The zero-order valence-corrected chi connectivity index (χ0v) is 14.2. The summed E-state index contributed by atoms with van der Waals surface area (Å²) in [5.41, 5.74) is 8.07. The third kappa shape index (κ3) is 5.49. The number of rotatable bonds is 6. The van der Waals surface area contributed by atoms with E-state index in [-0.39, 0.29) is 24.4 Å². The number of hydrogen-bond donors (Lipinski definition) is 2. The summed E-state index contributed by atoms with van der Waals surface area (Å²) in [5.74, 6) is 0.727. The van der Waals surface area contributed by atoms with Crippen LogP contribution in [0.2, 0.25) is 0 Å². The van der Waals surface area contributed by atoms with Crippen molar-refractivity contribution in [1.82, 2.24) is 5.32 Å². The molecule has 0 heterocycles. The number of aryl methyl sites for hydroxylation is 1. The van der Waals surface area contributed by atoms with E-state index >= 15 is 0 Å². The Morgan fingerprint density at radius 3 is 2.43 bits per heavy atom. The van der Waals surface area contributed by atoms with E-state index in [0.717, 1.165) is 18.6 Å². The lowest BCUT2D eigenvalue weighted by Gasteiger charge is -2.15. The van der Waals surface area contributed by atoms with Gasteiger partial charge in [-0.25, -0.2) is 0 Å². The maximum Gasteiger partial charge on any atom is 0.253 e. The van der Waals surface area contributed by atoms with Gasteiger partial charge in [-0.3, -0.25) is 4.79 Å². The number of carbonyl (C=O) groups excluding carboxylic acids is 1. The topological polar surface area (TPSA) is 64.3 Å². The Balaban J connectivity index is 0.00000264. The fourth-order valence-corrected chi connectivity index (χ4v) is 2.25. The van der Waals surface area contributed by atoms with Crippen molar-refractivity contribution >= 4 is 24.0 Å². The summed E-state index contributed by atoms with van der Waals surface area (Å²) in [4.78, 5) is 12.2. The van der Waals surface area contributed by atoms with Gasteiger partial charge in [-0.1, -0.05) is 24.3 Å². The van der Waals surface area contributed by atoms with Crippen LogP contribution in [0.25, 0.3) is 0 Å². The van der Waals surface area contributed by atoms with Crippen LogP contribution in [-0.2, 0) is 6.42 Å². The highest BCUT2D eigenvalue weighted by atomic mass is 35.5. The molecule has 0 bridgehead atoms. The number of nitrogen functional groups attached to an aromatic ring is 1. The number of ether oxygens (including phenoxy) is 1. The minimum atomic E-state index is -0.125. The van der Waals surface area contributed by atoms with Gasteiger partial charge in [0.05, 0.1) is 12.7 Å². The standard InChI is InChI=1S/C18H22N2O2.ClH/c1-13(7-8-14-9-11-15(22-2)12-10-14)20-18(21)16-5-3-4-6-17(16)19;/h3-6,9-13H,7-8,19H2,1-2H3,(H,20,21);1H. The highest BCUT2D eigenvalue weighted by Crippen LogP contribution is 2.14. The molecule has 0 radical (unpaired) electrons. The molecular weight excluding hydrogens is 312 g/mol. The number of nitrogens with two attached hydrogens (primary N) is 1. The zero-order chi connectivity index (χ0) is 15.9. The van der Waals surface area contributed by atoms with Gasteiger partial charge in [-0.2, -0.15) is 0 Å². The van der Waals surface area contributed by atoms with Gasteiger partial charge >= 0.3 is 0 Å². The highest BCUT2D eigenvalue weighted by Gasteiger charge is 2.12. The predicted octanol–water partition coefficient (Wildman–Crippen LogP) is 3.45. The molecule has 0 fully saturated rings. The van der Waals surface area contributed by atoms with Crippen LogP contribution in [0.15, 0.2) is 48.5 Å². The van der Waals surface area contributed by atoms with Crippen molar-refractivity contribution < 1.29 is 9.53 Å². The lowest BCUT2D eigenvalue weighted by atomic mass is 10.1. The van der Waals surface area contributed by atoms with Crippen molar-refractivity contribution in [2.75, 3.05) is 12.8 Å². The summed E-state index contributed by atoms with van der Waals surface area (Å²) in [6, 6.07) is 15.2. The lowest BCUT2D eigenvalue weighted by molar-refractivity contribution is 0.0939. The smallest absolute Gasteiger partial charge is 0.253 e. The van der Waals surface area contributed by atoms with Gasteiger partial charge < -0.3 is 15.8 Å². The second-order valence-corrected chi connectivity index (χ2v) is 5.35. The van der Waals surface area contributed by atoms with Crippen molar-refractivity contribution in [2.45, 2.75) is 25.8 Å². The average Bonchev–Trinajstić information content (AvgIpc) is 2.53. The molecule has 5 heteroatoms. The predicted molar refractivity (Wildman–Crippen MR) is 96.3 cm³/mol. The van der Waals surface area contributed by atoms with Gasteiger partial charge in [0.2, 0.25) is 0 Å². The average molecular weight is 335 g/mol. The van der Waals surface area contributed by atoms with Crippen LogP contribution in [-0.4, -0.2) is 19.1 Å². The number of benzene rings is 2. The van der Waals surface area contributed by atoms with Crippen LogP contribution in [0.4, 0.5) is 5.69 Å². The summed E-state index contributed by atoms with van der Waals surface area (Å²) in [6.07, 6.45) is 1.76. The van der Waals surface area contributed by atoms with E-state index in [1.165, 1.54) is 5.56 Å². The molecule has 0 aromatic heterocycles. The number of nitrogens with one attached hydrogen (secondary N) is 1. The second-order valence-electron chi connectivity index (χ2n) is 5.35. The van der Waals surface area contributed by atoms with Crippen LogP contribution in [0.5, 0.6) is 5.75 Å². The number of halogens is 1. The van der Waals surface area contributed by atoms with Crippen LogP contribution >= 0.6 is 12.4 Å². The normalized spacial score (nSPS) is 11.2. The number of anilines is 1. The molecule has 2 rings (SSSR count). The largest absolute Gasteiger partial charge is 0.497 e. The van der Waals surface area contributed by atoms with E-state index in [1.54, 1.807) is 19.2 Å². The minimum Gasteiger partial charge on any atom is -0.497 e. The Bertz CT molecular complexity index is 629. The molecule has 2 aromatic carbocycles. The molecule has 0 spiro atoms. The fourth-order valence-electron chi connectivity index (χ4n) is 2.25. The van der Waals surface area contributed by atoms with E-state index in [1.807, 2.05) is 43.3 Å². The van der Waals surface area contributed by atoms with Crippen molar-refractivity contribution in [3.05, 3.63) is 59.7 Å². The first-order valence-corrected chi connectivity index (χ1v) is 7.38. The number of hydrogen-bond acceptors (Lipinski definition) is 3. The SMILES string of the molecule is COc1ccc(CCC(C)NC(=O)c2ccccc2N)cc1.Cl. The van der Waals surface area contributed by atoms with Crippen molar-refractivity contribution in [3.63, 3.8) is 0 Å². The van der Waals surface area contributed by atoms with Crippen LogP contribution in [0, 0.1) is 0 Å². The highest BCUT2D eigenvalue weighted by molar-refractivity contribution is 5.99. The summed E-state index contributed by atoms with van der Waals surface area (Å²) in [7, 11) is 1.65. The maximum atomic E-state index is 12.2. The molecule has 4 nitrogen and oxygen atoms in total. The van der Waals surface area contributed by atoms with Gasteiger partial charge in [0, 0.05) is 11.7 Å². The molecule has 0 aliphatic carbocycles. The van der Waals surface area contributed by atoms with Crippen molar-refractivity contribution in [1.29, 1.82) is 0 Å². The monoisotopic (exact) mass is 334 g/mol. The molecule has 0 saturated heterocycles. The Labute approximate surface area is 143 Å². The summed E-state index contributed by atoms with van der Waals surface area (Å²) >= 11 is 0. The molecule has 124 valence electrons. The molecule has 1 unspecified atom stereocenters. The Morgan fingerprint density at radius 1 is 1.17 bits per heavy atom. The summed E-state index contributed by atoms with van der Waals surface area (Å²) in [6.45, 7) is 2.00. The molecule has 1 atom stereocenters. The number of para-hydroxylation sites is 1. The minimum absolute atomic E-state index is 0. The first-order chi connectivity index (χ1) is 10.6. The van der Waals surface area contributed by atoms with E-state index in [0.29, 0.717) is 11.3 Å². The van der Waals surface area contributed by atoms with Gasteiger partial charge in [-0.05, 0) is 49.6 Å². The molecule has 3 N–H and O–H groups in total.